The average molecular weight is 305 g/mol. The maximum atomic E-state index is 12.5. The van der Waals surface area contributed by atoms with Gasteiger partial charge in [0.1, 0.15) is 0 Å². The lowest BCUT2D eigenvalue weighted by Crippen LogP contribution is -2.49. The van der Waals surface area contributed by atoms with Gasteiger partial charge < -0.3 is 9.64 Å². The van der Waals surface area contributed by atoms with Gasteiger partial charge in [0.15, 0.2) is 0 Å². The second-order valence-corrected chi connectivity index (χ2v) is 6.98. The molecule has 2 saturated heterocycles. The van der Waals surface area contributed by atoms with Crippen molar-refractivity contribution in [3.05, 3.63) is 35.9 Å². The summed E-state index contributed by atoms with van der Waals surface area (Å²) in [7, 11) is 1.79. The number of hydrogen-bond acceptors (Lipinski definition) is 3. The Kier molecular flexibility index (Phi) is 4.86. The number of nitrogens with zero attached hydrogens (tertiary/aromatic N) is 1. The van der Waals surface area contributed by atoms with Gasteiger partial charge in [0, 0.05) is 24.9 Å². The molecule has 1 amide bonds. The standard InChI is InChI=1S/C17H23NO2S/c1-20-16-9-14-7-8-15(10-16)18(14)17(19)12-21-11-13-5-3-2-4-6-13/h2-6,14-16H,7-12H2,1H3. The van der Waals surface area contributed by atoms with Gasteiger partial charge >= 0.3 is 0 Å². The van der Waals surface area contributed by atoms with Gasteiger partial charge in [-0.3, -0.25) is 4.79 Å². The molecular formula is C17H23NO2S. The van der Waals surface area contributed by atoms with E-state index in [4.69, 9.17) is 4.74 Å². The van der Waals surface area contributed by atoms with Gasteiger partial charge in [-0.1, -0.05) is 30.3 Å². The quantitative estimate of drug-likeness (QED) is 0.837. The molecule has 4 heteroatoms. The molecule has 1 aromatic rings. The van der Waals surface area contributed by atoms with E-state index in [2.05, 4.69) is 17.0 Å². The van der Waals surface area contributed by atoms with Crippen LogP contribution in [0.2, 0.25) is 0 Å². The Balaban J connectivity index is 1.50. The Morgan fingerprint density at radius 3 is 2.52 bits per heavy atom. The van der Waals surface area contributed by atoms with Crippen molar-refractivity contribution in [3.8, 4) is 0 Å². The van der Waals surface area contributed by atoms with Crippen molar-refractivity contribution in [1.82, 2.24) is 4.90 Å². The van der Waals surface area contributed by atoms with Crippen molar-refractivity contribution < 1.29 is 9.53 Å². The molecule has 2 aliphatic heterocycles. The highest BCUT2D eigenvalue weighted by atomic mass is 32.2. The van der Waals surface area contributed by atoms with Crippen LogP contribution in [0.25, 0.3) is 0 Å². The predicted octanol–water partition coefficient (Wildman–Crippen LogP) is 3.09. The van der Waals surface area contributed by atoms with Crippen LogP contribution in [-0.4, -0.2) is 41.9 Å². The lowest BCUT2D eigenvalue weighted by Gasteiger charge is -2.38. The largest absolute Gasteiger partial charge is 0.381 e. The molecule has 2 atom stereocenters. The first kappa shape index (κ1) is 14.9. The third kappa shape index (κ3) is 3.43. The zero-order chi connectivity index (χ0) is 14.7. The summed E-state index contributed by atoms with van der Waals surface area (Å²) in [6.07, 6.45) is 4.69. The van der Waals surface area contributed by atoms with Gasteiger partial charge in [-0.15, -0.1) is 11.8 Å². The second-order valence-electron chi connectivity index (χ2n) is 5.99. The normalized spacial score (nSPS) is 27.9. The highest BCUT2D eigenvalue weighted by Crippen LogP contribution is 2.37. The third-order valence-corrected chi connectivity index (χ3v) is 5.64. The highest BCUT2D eigenvalue weighted by Gasteiger charge is 2.42. The average Bonchev–Trinajstić information content (AvgIpc) is 2.78. The minimum absolute atomic E-state index is 0.318. The van der Waals surface area contributed by atoms with E-state index < -0.39 is 0 Å². The van der Waals surface area contributed by atoms with E-state index >= 15 is 0 Å². The number of fused-ring (bicyclic) bond motifs is 2. The summed E-state index contributed by atoms with van der Waals surface area (Å²) in [5.41, 5.74) is 1.29. The first-order valence-electron chi connectivity index (χ1n) is 7.73. The van der Waals surface area contributed by atoms with Crippen molar-refractivity contribution >= 4 is 17.7 Å². The number of hydrogen-bond donors (Lipinski definition) is 0. The number of carbonyl (C=O) groups is 1. The molecule has 2 bridgehead atoms. The lowest BCUT2D eigenvalue weighted by molar-refractivity contribution is -0.135. The summed E-state index contributed by atoms with van der Waals surface area (Å²) >= 11 is 1.72. The van der Waals surface area contributed by atoms with Crippen LogP contribution < -0.4 is 0 Å². The van der Waals surface area contributed by atoms with Crippen molar-refractivity contribution in [3.63, 3.8) is 0 Å². The molecule has 1 aromatic carbocycles. The molecule has 2 fully saturated rings. The topological polar surface area (TPSA) is 29.5 Å². The highest BCUT2D eigenvalue weighted by molar-refractivity contribution is 7.99. The smallest absolute Gasteiger partial charge is 0.233 e. The third-order valence-electron chi connectivity index (χ3n) is 4.65. The monoisotopic (exact) mass is 305 g/mol. The van der Waals surface area contributed by atoms with Gasteiger partial charge in [-0.2, -0.15) is 0 Å². The van der Waals surface area contributed by atoms with Crippen LogP contribution in [0.1, 0.15) is 31.2 Å². The molecule has 2 heterocycles. The molecule has 0 saturated carbocycles. The molecule has 0 aromatic heterocycles. The summed E-state index contributed by atoms with van der Waals surface area (Å²) in [4.78, 5) is 14.7. The summed E-state index contributed by atoms with van der Waals surface area (Å²) in [5, 5.41) is 0. The van der Waals surface area contributed by atoms with Crippen LogP contribution in [0, 0.1) is 0 Å². The van der Waals surface area contributed by atoms with Gasteiger partial charge in [-0.25, -0.2) is 0 Å². The summed E-state index contributed by atoms with van der Waals surface area (Å²) in [6.45, 7) is 0. The first-order valence-corrected chi connectivity index (χ1v) is 8.89. The van der Waals surface area contributed by atoms with Gasteiger partial charge in [0.25, 0.3) is 0 Å². The Bertz CT molecular complexity index is 465. The van der Waals surface area contributed by atoms with Crippen LogP contribution in [0.5, 0.6) is 0 Å². The fourth-order valence-electron chi connectivity index (χ4n) is 3.63. The van der Waals surface area contributed by atoms with Gasteiger partial charge in [0.2, 0.25) is 5.91 Å². The summed E-state index contributed by atoms with van der Waals surface area (Å²) < 4.78 is 5.50. The van der Waals surface area contributed by atoms with Crippen LogP contribution in [0.3, 0.4) is 0 Å². The molecule has 21 heavy (non-hydrogen) atoms. The zero-order valence-corrected chi connectivity index (χ0v) is 13.3. The predicted molar refractivity (Wildman–Crippen MR) is 86.3 cm³/mol. The van der Waals surface area contributed by atoms with E-state index in [0.717, 1.165) is 31.4 Å². The molecule has 0 N–H and O–H groups in total. The Labute approximate surface area is 131 Å². The molecule has 2 aliphatic rings. The van der Waals surface area contributed by atoms with Crippen LogP contribution in [-0.2, 0) is 15.3 Å². The van der Waals surface area contributed by atoms with E-state index in [-0.39, 0.29) is 0 Å². The minimum atomic E-state index is 0.318. The Hall–Kier alpha value is -1.00. The van der Waals surface area contributed by atoms with Crippen molar-refractivity contribution in [2.45, 2.75) is 49.6 Å². The fourth-order valence-corrected chi connectivity index (χ4v) is 4.49. The van der Waals surface area contributed by atoms with E-state index in [1.54, 1.807) is 18.9 Å². The molecule has 2 unspecified atom stereocenters. The van der Waals surface area contributed by atoms with Crippen molar-refractivity contribution in [2.24, 2.45) is 0 Å². The number of thioether (sulfide) groups is 1. The number of carbonyl (C=O) groups excluding carboxylic acids is 1. The number of rotatable bonds is 5. The molecule has 3 rings (SSSR count). The van der Waals surface area contributed by atoms with E-state index in [1.165, 1.54) is 5.56 Å². The van der Waals surface area contributed by atoms with Crippen LogP contribution in [0.15, 0.2) is 30.3 Å². The molecule has 114 valence electrons. The molecule has 0 spiro atoms. The van der Waals surface area contributed by atoms with Crippen LogP contribution in [0.4, 0.5) is 0 Å². The Morgan fingerprint density at radius 1 is 1.24 bits per heavy atom. The van der Waals surface area contributed by atoms with Gasteiger partial charge in [-0.05, 0) is 31.2 Å². The summed E-state index contributed by atoms with van der Waals surface area (Å²) in [6, 6.07) is 11.2. The van der Waals surface area contributed by atoms with E-state index in [0.29, 0.717) is 29.8 Å². The minimum Gasteiger partial charge on any atom is -0.381 e. The fraction of sp³-hybridized carbons (Fsp3) is 0.588. The lowest BCUT2D eigenvalue weighted by atomic mass is 10.00. The second kappa shape index (κ2) is 6.84. The van der Waals surface area contributed by atoms with E-state index in [1.807, 2.05) is 18.2 Å². The van der Waals surface area contributed by atoms with E-state index in [9.17, 15) is 4.79 Å². The SMILES string of the molecule is COC1CC2CCC(C1)N2C(=O)CSCc1ccccc1. The Morgan fingerprint density at radius 2 is 1.90 bits per heavy atom. The number of benzene rings is 1. The first-order chi connectivity index (χ1) is 10.3. The molecular weight excluding hydrogens is 282 g/mol. The van der Waals surface area contributed by atoms with Crippen molar-refractivity contribution in [2.75, 3.05) is 12.9 Å². The van der Waals surface area contributed by atoms with Crippen molar-refractivity contribution in [1.29, 1.82) is 0 Å². The molecule has 0 radical (unpaired) electrons. The molecule has 0 aliphatic carbocycles. The molecule has 3 nitrogen and oxygen atoms in total. The maximum absolute atomic E-state index is 12.5. The number of amides is 1. The number of piperidine rings is 1. The van der Waals surface area contributed by atoms with Crippen LogP contribution >= 0.6 is 11.8 Å². The number of methoxy groups -OCH3 is 1. The van der Waals surface area contributed by atoms with Gasteiger partial charge in [0.05, 0.1) is 11.9 Å². The maximum Gasteiger partial charge on any atom is 0.233 e. The summed E-state index contributed by atoms with van der Waals surface area (Å²) in [5.74, 6) is 1.83. The zero-order valence-electron chi connectivity index (χ0n) is 12.5. The number of ether oxygens (including phenoxy) is 1.